The number of carbonyl (C=O) groups excluding carboxylic acids is 1. The number of methoxy groups -OCH3 is 1. The van der Waals surface area contributed by atoms with Crippen molar-refractivity contribution in [2.75, 3.05) is 26.9 Å². The maximum absolute atomic E-state index is 13.3. The van der Waals surface area contributed by atoms with Gasteiger partial charge in [-0.25, -0.2) is 9.37 Å². The molecule has 0 fully saturated rings. The lowest BCUT2D eigenvalue weighted by molar-refractivity contribution is -0.140. The van der Waals surface area contributed by atoms with E-state index in [1.165, 1.54) is 7.11 Å². The quantitative estimate of drug-likeness (QED) is 0.438. The first-order chi connectivity index (χ1) is 16.6. The molecule has 0 radical (unpaired) electrons. The molecule has 8 nitrogen and oxygen atoms in total. The zero-order chi connectivity index (χ0) is 25.6. The number of benzene rings is 1. The molecular weight excluding hydrogens is 449 g/mol. The summed E-state index contributed by atoms with van der Waals surface area (Å²) in [5.41, 5.74) is 7.97. The van der Waals surface area contributed by atoms with Gasteiger partial charge in [0, 0.05) is 37.5 Å². The number of rotatable bonds is 11. The number of aryl methyl sites for hydroxylation is 1. The molecule has 1 aromatic carbocycles. The van der Waals surface area contributed by atoms with Crippen molar-refractivity contribution in [2.45, 2.75) is 52.7 Å². The fourth-order valence-corrected chi connectivity index (χ4v) is 4.17. The van der Waals surface area contributed by atoms with Crippen LogP contribution in [0.3, 0.4) is 0 Å². The lowest BCUT2D eigenvalue weighted by Gasteiger charge is -2.40. The Morgan fingerprint density at radius 1 is 1.29 bits per heavy atom. The molecule has 0 aliphatic heterocycles. The first-order valence-corrected chi connectivity index (χ1v) is 11.8. The Hall–Kier alpha value is -3.04. The number of nitrogens with two attached hydrogens (primary N) is 1. The van der Waals surface area contributed by atoms with E-state index in [-0.39, 0.29) is 19.1 Å². The van der Waals surface area contributed by atoms with Crippen molar-refractivity contribution < 1.29 is 18.4 Å². The number of halogens is 1. The van der Waals surface area contributed by atoms with Crippen LogP contribution in [0.1, 0.15) is 50.5 Å². The maximum Gasteiger partial charge on any atom is 0.249 e. The van der Waals surface area contributed by atoms with Crippen molar-refractivity contribution in [3.05, 3.63) is 59.9 Å². The number of aromatic nitrogens is 3. The van der Waals surface area contributed by atoms with Crippen LogP contribution < -0.4 is 5.73 Å². The fourth-order valence-electron chi connectivity index (χ4n) is 4.17. The smallest absolute Gasteiger partial charge is 0.249 e. The van der Waals surface area contributed by atoms with Gasteiger partial charge < -0.3 is 24.5 Å². The highest BCUT2D eigenvalue weighted by molar-refractivity contribution is 5.78. The van der Waals surface area contributed by atoms with Crippen molar-refractivity contribution in [3.63, 3.8) is 0 Å². The molecule has 9 heteroatoms. The Labute approximate surface area is 206 Å². The monoisotopic (exact) mass is 485 g/mol. The number of carbonyl (C=O) groups is 1. The molecule has 3 rings (SSSR count). The van der Waals surface area contributed by atoms with E-state index in [0.717, 1.165) is 22.7 Å². The van der Waals surface area contributed by atoms with Crippen LogP contribution in [0, 0.1) is 12.3 Å². The summed E-state index contributed by atoms with van der Waals surface area (Å²) in [6.45, 7) is 7.99. The van der Waals surface area contributed by atoms with Crippen molar-refractivity contribution in [1.29, 1.82) is 0 Å². The predicted octanol–water partition coefficient (Wildman–Crippen LogP) is 4.14. The average Bonchev–Trinajstić information content (AvgIpc) is 3.42. The number of imidazole rings is 1. The summed E-state index contributed by atoms with van der Waals surface area (Å²) in [7, 11) is 1.48. The molecule has 2 N–H and O–H groups in total. The number of ether oxygens (including phenoxy) is 1. The van der Waals surface area contributed by atoms with Gasteiger partial charge in [0.05, 0.1) is 18.3 Å². The van der Waals surface area contributed by atoms with E-state index in [0.29, 0.717) is 18.8 Å². The van der Waals surface area contributed by atoms with Gasteiger partial charge in [0.25, 0.3) is 0 Å². The molecule has 2 aromatic heterocycles. The van der Waals surface area contributed by atoms with E-state index < -0.39 is 24.2 Å². The normalized spacial score (nSPS) is 13.6. The topological polar surface area (TPSA) is 99.4 Å². The van der Waals surface area contributed by atoms with Gasteiger partial charge in [-0.3, -0.25) is 4.79 Å². The molecule has 0 aliphatic rings. The standard InChI is InChI=1S/C26H36FN5O3/c1-18-13-21(30-35-18)15-31-16-22(19-9-7-6-8-10-19)29-25(31)24(26(2,3)4)32(23(33)17-34-5)12-11-20(28)14-27/h6-10,13,16,20,24H,11-12,14-15,17,28H2,1-5H3/t20?,24-/m0/s1. The highest BCUT2D eigenvalue weighted by Gasteiger charge is 2.38. The van der Waals surface area contributed by atoms with Crippen LogP contribution >= 0.6 is 0 Å². The third kappa shape index (κ3) is 6.76. The molecule has 1 amide bonds. The van der Waals surface area contributed by atoms with Gasteiger partial charge in [-0.1, -0.05) is 56.3 Å². The Morgan fingerprint density at radius 3 is 2.57 bits per heavy atom. The van der Waals surface area contributed by atoms with E-state index in [1.807, 2.05) is 54.1 Å². The van der Waals surface area contributed by atoms with Crippen molar-refractivity contribution in [1.82, 2.24) is 19.6 Å². The van der Waals surface area contributed by atoms with Gasteiger partial charge in [-0.2, -0.15) is 0 Å². The minimum absolute atomic E-state index is 0.0911. The minimum atomic E-state index is -0.648. The van der Waals surface area contributed by atoms with Gasteiger partial charge in [0.1, 0.15) is 30.6 Å². The Bertz CT molecular complexity index is 1090. The van der Waals surface area contributed by atoms with Gasteiger partial charge >= 0.3 is 0 Å². The van der Waals surface area contributed by atoms with Gasteiger partial charge in [0.15, 0.2) is 0 Å². The molecule has 2 heterocycles. The molecule has 0 saturated carbocycles. The number of hydrogen-bond acceptors (Lipinski definition) is 6. The summed E-state index contributed by atoms with van der Waals surface area (Å²) >= 11 is 0. The van der Waals surface area contributed by atoms with Gasteiger partial charge in [-0.15, -0.1) is 0 Å². The Morgan fingerprint density at radius 2 is 2.00 bits per heavy atom. The highest BCUT2D eigenvalue weighted by Crippen LogP contribution is 2.39. The Kier molecular flexibility index (Phi) is 8.80. The van der Waals surface area contributed by atoms with Crippen LogP contribution in [0.2, 0.25) is 0 Å². The van der Waals surface area contributed by atoms with Crippen LogP contribution in [0.5, 0.6) is 0 Å². The average molecular weight is 486 g/mol. The SMILES string of the molecule is COCC(=O)N(CCC(N)CF)[C@@H](c1nc(-c2ccccc2)cn1Cc1cc(C)on1)C(C)(C)C. The summed E-state index contributed by atoms with van der Waals surface area (Å²) in [5.74, 6) is 1.22. The van der Waals surface area contributed by atoms with Crippen LogP contribution in [-0.2, 0) is 16.1 Å². The third-order valence-electron chi connectivity index (χ3n) is 5.79. The molecular formula is C26H36FN5O3. The second kappa shape index (κ2) is 11.6. The third-order valence-corrected chi connectivity index (χ3v) is 5.79. The second-order valence-corrected chi connectivity index (χ2v) is 9.90. The molecule has 0 aliphatic carbocycles. The minimum Gasteiger partial charge on any atom is -0.375 e. The molecule has 0 bridgehead atoms. The first-order valence-electron chi connectivity index (χ1n) is 11.8. The van der Waals surface area contributed by atoms with Crippen molar-refractivity contribution in [3.8, 4) is 11.3 Å². The van der Waals surface area contributed by atoms with Crippen molar-refractivity contribution in [2.24, 2.45) is 11.1 Å². The summed E-state index contributed by atoms with van der Waals surface area (Å²) in [6, 6.07) is 10.7. The summed E-state index contributed by atoms with van der Waals surface area (Å²) in [6.07, 6.45) is 2.30. The molecule has 1 unspecified atom stereocenters. The van der Waals surface area contributed by atoms with Crippen molar-refractivity contribution >= 4 is 5.91 Å². The summed E-state index contributed by atoms with van der Waals surface area (Å²) in [5, 5.41) is 4.15. The zero-order valence-electron chi connectivity index (χ0n) is 21.2. The molecule has 0 saturated heterocycles. The molecule has 35 heavy (non-hydrogen) atoms. The highest BCUT2D eigenvalue weighted by atomic mass is 19.1. The summed E-state index contributed by atoms with van der Waals surface area (Å²) in [4.78, 5) is 20.0. The molecule has 3 aromatic rings. The van der Waals surface area contributed by atoms with E-state index in [1.54, 1.807) is 4.90 Å². The number of hydrogen-bond donors (Lipinski definition) is 1. The van der Waals surface area contributed by atoms with E-state index in [4.69, 9.17) is 20.0 Å². The molecule has 190 valence electrons. The zero-order valence-corrected chi connectivity index (χ0v) is 21.2. The van der Waals surface area contributed by atoms with Gasteiger partial charge in [0.2, 0.25) is 5.91 Å². The van der Waals surface area contributed by atoms with E-state index >= 15 is 0 Å². The predicted molar refractivity (Wildman–Crippen MR) is 132 cm³/mol. The van der Waals surface area contributed by atoms with Crippen LogP contribution in [0.25, 0.3) is 11.3 Å². The fraction of sp³-hybridized carbons (Fsp3) is 0.500. The molecule has 0 spiro atoms. The van der Waals surface area contributed by atoms with Crippen LogP contribution in [-0.4, -0.2) is 58.5 Å². The van der Waals surface area contributed by atoms with E-state index in [2.05, 4.69) is 25.9 Å². The molecule has 2 atom stereocenters. The first kappa shape index (κ1) is 26.6. The second-order valence-electron chi connectivity index (χ2n) is 9.90. The number of alkyl halides is 1. The lowest BCUT2D eigenvalue weighted by atomic mass is 9.84. The lowest BCUT2D eigenvalue weighted by Crippen LogP contribution is -2.45. The number of amides is 1. The number of nitrogens with zero attached hydrogens (tertiary/aromatic N) is 4. The van der Waals surface area contributed by atoms with E-state index in [9.17, 15) is 9.18 Å². The van der Waals surface area contributed by atoms with Gasteiger partial charge in [-0.05, 0) is 18.8 Å². The van der Waals surface area contributed by atoms with Crippen LogP contribution in [0.15, 0.2) is 47.1 Å². The Balaban J connectivity index is 2.12. The maximum atomic E-state index is 13.3. The summed E-state index contributed by atoms with van der Waals surface area (Å²) < 4.78 is 25.6. The van der Waals surface area contributed by atoms with Crippen LogP contribution in [0.4, 0.5) is 4.39 Å². The largest absolute Gasteiger partial charge is 0.375 e.